The van der Waals surface area contributed by atoms with Crippen LogP contribution in [0, 0.1) is 0 Å². The number of alkyl halides is 3. The average molecular weight is 295 g/mol. The number of hydrogen-bond donors (Lipinski definition) is 4. The van der Waals surface area contributed by atoms with Gasteiger partial charge >= 0.3 is 6.18 Å². The van der Waals surface area contributed by atoms with Crippen molar-refractivity contribution in [1.82, 2.24) is 9.97 Å². The van der Waals surface area contributed by atoms with Crippen molar-refractivity contribution in [3.05, 3.63) is 11.8 Å². The predicted molar refractivity (Wildman–Crippen MR) is 65.9 cm³/mol. The fourth-order valence-electron chi connectivity index (χ4n) is 1.30. The molecule has 0 saturated heterocycles. The van der Waals surface area contributed by atoms with Gasteiger partial charge in [-0.15, -0.1) is 0 Å². The molecule has 10 heteroatoms. The second kappa shape index (κ2) is 7.82. The van der Waals surface area contributed by atoms with Crippen LogP contribution < -0.4 is 16.6 Å². The molecular weight excluding hydrogens is 279 g/mol. The number of aliphatic hydroxyl groups is 1. The number of nitrogens with zero attached hydrogens (tertiary/aromatic N) is 2. The Balaban J connectivity index is 2.56. The highest BCUT2D eigenvalue weighted by molar-refractivity contribution is 5.42. The molecular formula is C10H16F3N5O2. The summed E-state index contributed by atoms with van der Waals surface area (Å²) in [6.45, 7) is 0.906. The number of aromatic nitrogens is 2. The Hall–Kier alpha value is -1.65. The minimum Gasteiger partial charge on any atom is -0.394 e. The van der Waals surface area contributed by atoms with E-state index in [-0.39, 0.29) is 25.0 Å². The van der Waals surface area contributed by atoms with Crippen LogP contribution in [0.2, 0.25) is 0 Å². The molecule has 20 heavy (non-hydrogen) atoms. The summed E-state index contributed by atoms with van der Waals surface area (Å²) >= 11 is 0. The van der Waals surface area contributed by atoms with E-state index in [0.717, 1.165) is 6.07 Å². The maximum atomic E-state index is 12.6. The molecule has 0 spiro atoms. The average Bonchev–Trinajstić information content (AvgIpc) is 2.41. The van der Waals surface area contributed by atoms with Crippen molar-refractivity contribution < 1.29 is 23.0 Å². The summed E-state index contributed by atoms with van der Waals surface area (Å²) in [7, 11) is 0. The van der Waals surface area contributed by atoms with E-state index in [0.29, 0.717) is 19.6 Å². The van der Waals surface area contributed by atoms with Crippen molar-refractivity contribution in [3.63, 3.8) is 0 Å². The zero-order valence-electron chi connectivity index (χ0n) is 10.6. The van der Waals surface area contributed by atoms with E-state index >= 15 is 0 Å². The van der Waals surface area contributed by atoms with Gasteiger partial charge in [-0.2, -0.15) is 18.2 Å². The van der Waals surface area contributed by atoms with Crippen molar-refractivity contribution in [1.29, 1.82) is 0 Å². The minimum atomic E-state index is -4.57. The molecule has 1 aromatic rings. The lowest BCUT2D eigenvalue weighted by atomic mass is 10.3. The summed E-state index contributed by atoms with van der Waals surface area (Å²) in [5.41, 5.74) is 0.900. The van der Waals surface area contributed by atoms with Gasteiger partial charge in [0.1, 0.15) is 5.82 Å². The first kappa shape index (κ1) is 16.4. The summed E-state index contributed by atoms with van der Waals surface area (Å²) < 4.78 is 42.8. The Kier molecular flexibility index (Phi) is 6.42. The van der Waals surface area contributed by atoms with Crippen molar-refractivity contribution in [2.75, 3.05) is 37.1 Å². The van der Waals surface area contributed by atoms with Crippen LogP contribution in [0.1, 0.15) is 12.1 Å². The highest BCUT2D eigenvalue weighted by atomic mass is 19.4. The van der Waals surface area contributed by atoms with Crippen LogP contribution in [0.3, 0.4) is 0 Å². The molecule has 0 saturated carbocycles. The highest BCUT2D eigenvalue weighted by Gasteiger charge is 2.33. The second-order valence-electron chi connectivity index (χ2n) is 3.72. The standard InChI is InChI=1S/C10H16F3N5O2/c11-10(12,13)7-6-8(17-9(16-7)18-14)15-2-1-4-20-5-3-19/h6,19H,1-5,14H2,(H2,15,16,17,18). The lowest BCUT2D eigenvalue weighted by molar-refractivity contribution is -0.141. The first-order chi connectivity index (χ1) is 9.47. The van der Waals surface area contributed by atoms with Gasteiger partial charge in [-0.25, -0.2) is 10.8 Å². The lowest BCUT2D eigenvalue weighted by Crippen LogP contribution is -2.17. The second-order valence-corrected chi connectivity index (χ2v) is 3.72. The van der Waals surface area contributed by atoms with Crippen molar-refractivity contribution in [3.8, 4) is 0 Å². The summed E-state index contributed by atoms with van der Waals surface area (Å²) in [6, 6.07) is 0.801. The summed E-state index contributed by atoms with van der Waals surface area (Å²) in [6.07, 6.45) is -4.02. The molecule has 0 bridgehead atoms. The van der Waals surface area contributed by atoms with E-state index in [1.807, 2.05) is 5.43 Å². The number of hydrogen-bond acceptors (Lipinski definition) is 7. The molecule has 0 aromatic carbocycles. The third kappa shape index (κ3) is 5.55. The maximum Gasteiger partial charge on any atom is 0.433 e. The van der Waals surface area contributed by atoms with Crippen molar-refractivity contribution in [2.24, 2.45) is 5.84 Å². The fourth-order valence-corrected chi connectivity index (χ4v) is 1.30. The summed E-state index contributed by atoms with van der Waals surface area (Å²) in [4.78, 5) is 6.99. The monoisotopic (exact) mass is 295 g/mol. The van der Waals surface area contributed by atoms with E-state index in [1.165, 1.54) is 0 Å². The van der Waals surface area contributed by atoms with Crippen LogP contribution in [-0.4, -0.2) is 41.4 Å². The zero-order chi connectivity index (χ0) is 15.0. The predicted octanol–water partition coefficient (Wildman–Crippen LogP) is 0.592. The molecule has 7 nitrogen and oxygen atoms in total. The van der Waals surface area contributed by atoms with Crippen LogP contribution in [0.15, 0.2) is 6.07 Å². The molecule has 0 aliphatic heterocycles. The largest absolute Gasteiger partial charge is 0.433 e. The molecule has 0 unspecified atom stereocenters. The number of anilines is 2. The van der Waals surface area contributed by atoms with Gasteiger partial charge in [0.05, 0.1) is 13.2 Å². The number of aliphatic hydroxyl groups excluding tert-OH is 1. The van der Waals surface area contributed by atoms with E-state index < -0.39 is 11.9 Å². The molecule has 1 rings (SSSR count). The Morgan fingerprint density at radius 1 is 1.30 bits per heavy atom. The van der Waals surface area contributed by atoms with Gasteiger partial charge in [-0.3, -0.25) is 5.43 Å². The maximum absolute atomic E-state index is 12.6. The Morgan fingerprint density at radius 3 is 2.65 bits per heavy atom. The smallest absolute Gasteiger partial charge is 0.394 e. The van der Waals surface area contributed by atoms with Crippen LogP contribution in [0.4, 0.5) is 24.9 Å². The molecule has 0 atom stereocenters. The summed E-state index contributed by atoms with van der Waals surface area (Å²) in [5, 5.41) is 11.2. The number of nitrogens with two attached hydrogens (primary N) is 1. The fraction of sp³-hybridized carbons (Fsp3) is 0.600. The summed E-state index contributed by atoms with van der Waals surface area (Å²) in [5.74, 6) is 4.72. The van der Waals surface area contributed by atoms with Crippen LogP contribution in [0.25, 0.3) is 0 Å². The molecule has 114 valence electrons. The molecule has 0 amide bonds. The molecule has 5 N–H and O–H groups in total. The Labute approximate surface area is 113 Å². The van der Waals surface area contributed by atoms with Crippen molar-refractivity contribution in [2.45, 2.75) is 12.6 Å². The molecule has 0 aliphatic carbocycles. The van der Waals surface area contributed by atoms with Crippen LogP contribution >= 0.6 is 0 Å². The minimum absolute atomic E-state index is 0.0161. The van der Waals surface area contributed by atoms with Gasteiger partial charge in [0.25, 0.3) is 0 Å². The molecule has 0 fully saturated rings. The van der Waals surface area contributed by atoms with Gasteiger partial charge < -0.3 is 15.2 Å². The van der Waals surface area contributed by atoms with E-state index in [2.05, 4.69) is 15.3 Å². The van der Waals surface area contributed by atoms with E-state index in [1.54, 1.807) is 0 Å². The topological polar surface area (TPSA) is 105 Å². The van der Waals surface area contributed by atoms with Crippen LogP contribution in [-0.2, 0) is 10.9 Å². The Morgan fingerprint density at radius 2 is 2.05 bits per heavy atom. The molecule has 0 radical (unpaired) electrons. The van der Waals surface area contributed by atoms with E-state index in [4.69, 9.17) is 15.7 Å². The first-order valence-corrected chi connectivity index (χ1v) is 5.82. The first-order valence-electron chi connectivity index (χ1n) is 5.82. The van der Waals surface area contributed by atoms with E-state index in [9.17, 15) is 13.2 Å². The van der Waals surface area contributed by atoms with Gasteiger partial charge in [-0.1, -0.05) is 0 Å². The Bertz CT molecular complexity index is 416. The quantitative estimate of drug-likeness (QED) is 0.316. The SMILES string of the molecule is NNc1nc(NCCCOCCO)cc(C(F)(F)F)n1. The number of nitrogen functional groups attached to an aromatic ring is 1. The van der Waals surface area contributed by atoms with Gasteiger partial charge in [0, 0.05) is 19.2 Å². The van der Waals surface area contributed by atoms with Gasteiger partial charge in [-0.05, 0) is 6.42 Å². The van der Waals surface area contributed by atoms with Crippen LogP contribution in [0.5, 0.6) is 0 Å². The van der Waals surface area contributed by atoms with Gasteiger partial charge in [0.15, 0.2) is 5.69 Å². The van der Waals surface area contributed by atoms with Crippen molar-refractivity contribution >= 4 is 11.8 Å². The van der Waals surface area contributed by atoms with Gasteiger partial charge in [0.2, 0.25) is 5.95 Å². The third-order valence-corrected chi connectivity index (χ3v) is 2.15. The lowest BCUT2D eigenvalue weighted by Gasteiger charge is -2.11. The number of nitrogens with one attached hydrogen (secondary N) is 2. The highest BCUT2D eigenvalue weighted by Crippen LogP contribution is 2.29. The normalized spacial score (nSPS) is 11.4. The third-order valence-electron chi connectivity index (χ3n) is 2.15. The number of halogens is 3. The number of hydrazine groups is 1. The zero-order valence-corrected chi connectivity index (χ0v) is 10.6. The molecule has 1 aromatic heterocycles. The molecule has 1 heterocycles. The number of ether oxygens (including phenoxy) is 1. The molecule has 0 aliphatic rings. The number of rotatable bonds is 8.